The van der Waals surface area contributed by atoms with E-state index in [1.54, 1.807) is 0 Å². The second-order valence-corrected chi connectivity index (χ2v) is 7.94. The predicted octanol–water partition coefficient (Wildman–Crippen LogP) is 3.99. The summed E-state index contributed by atoms with van der Waals surface area (Å²) in [4.78, 5) is 17.5. The van der Waals surface area contributed by atoms with Crippen LogP contribution >= 0.6 is 0 Å². The fourth-order valence-corrected chi connectivity index (χ4v) is 3.53. The molecular weight excluding hydrogens is 352 g/mol. The molecule has 0 amide bonds. The Balaban J connectivity index is 1.85. The van der Waals surface area contributed by atoms with Gasteiger partial charge in [-0.1, -0.05) is 13.5 Å². The molecule has 1 aromatic carbocycles. The van der Waals surface area contributed by atoms with E-state index in [1.165, 1.54) is 0 Å². The molecule has 28 heavy (non-hydrogen) atoms. The first kappa shape index (κ1) is 22.4. The van der Waals surface area contributed by atoms with Gasteiger partial charge in [-0.3, -0.25) is 9.69 Å². The summed E-state index contributed by atoms with van der Waals surface area (Å²) in [6.07, 6.45) is 2.06. The van der Waals surface area contributed by atoms with Crippen LogP contribution in [-0.2, 0) is 4.74 Å². The van der Waals surface area contributed by atoms with Crippen LogP contribution in [0.2, 0.25) is 0 Å². The van der Waals surface area contributed by atoms with Gasteiger partial charge >= 0.3 is 0 Å². The molecule has 1 heterocycles. The van der Waals surface area contributed by atoms with E-state index in [0.717, 1.165) is 56.0 Å². The Bertz CT molecular complexity index is 634. The van der Waals surface area contributed by atoms with Gasteiger partial charge in [0.15, 0.2) is 5.78 Å². The highest BCUT2D eigenvalue weighted by atomic mass is 16.5. The van der Waals surface area contributed by atoms with Crippen LogP contribution in [0, 0.1) is 0 Å². The summed E-state index contributed by atoms with van der Waals surface area (Å²) in [5.74, 6) is 0.940. The van der Waals surface area contributed by atoms with Crippen molar-refractivity contribution in [2.75, 3.05) is 46.0 Å². The Morgan fingerprint density at radius 1 is 1.21 bits per heavy atom. The van der Waals surface area contributed by atoms with Gasteiger partial charge in [0.1, 0.15) is 5.75 Å². The lowest BCUT2D eigenvalue weighted by molar-refractivity contribution is -0.00429. The predicted molar refractivity (Wildman–Crippen MR) is 114 cm³/mol. The van der Waals surface area contributed by atoms with Crippen LogP contribution < -0.4 is 4.74 Å². The van der Waals surface area contributed by atoms with Crippen LogP contribution in [0.4, 0.5) is 0 Å². The third-order valence-electron chi connectivity index (χ3n) is 5.35. The smallest absolute Gasteiger partial charge is 0.182 e. The van der Waals surface area contributed by atoms with E-state index in [-0.39, 0.29) is 5.78 Å². The Morgan fingerprint density at radius 3 is 2.43 bits per heavy atom. The van der Waals surface area contributed by atoms with E-state index < -0.39 is 5.54 Å². The molecule has 0 unspecified atom stereocenters. The lowest BCUT2D eigenvalue weighted by Crippen LogP contribution is -2.54. The molecule has 0 aromatic heterocycles. The molecule has 1 aliphatic rings. The summed E-state index contributed by atoms with van der Waals surface area (Å²) in [6, 6.07) is 7.53. The number of morpholine rings is 1. The molecule has 1 saturated heterocycles. The first-order chi connectivity index (χ1) is 13.4. The molecule has 0 saturated carbocycles. The summed E-state index contributed by atoms with van der Waals surface area (Å²) in [7, 11) is 0. The van der Waals surface area contributed by atoms with E-state index in [1.807, 2.05) is 45.0 Å². The van der Waals surface area contributed by atoms with Crippen LogP contribution in [0.5, 0.6) is 5.75 Å². The average Bonchev–Trinajstić information content (AvgIpc) is 2.70. The number of rotatable bonds is 11. The third kappa shape index (κ3) is 6.08. The number of nitrogens with zero attached hydrogens (tertiary/aromatic N) is 2. The summed E-state index contributed by atoms with van der Waals surface area (Å²) in [5, 5.41) is 0. The molecule has 0 N–H and O–H groups in total. The highest BCUT2D eigenvalue weighted by Gasteiger charge is 2.35. The van der Waals surface area contributed by atoms with E-state index in [9.17, 15) is 4.79 Å². The molecule has 0 radical (unpaired) electrons. The van der Waals surface area contributed by atoms with Gasteiger partial charge in [0, 0.05) is 37.4 Å². The van der Waals surface area contributed by atoms with Crippen molar-refractivity contribution in [3.63, 3.8) is 0 Å². The first-order valence-electron chi connectivity index (χ1n) is 10.4. The van der Waals surface area contributed by atoms with E-state index in [4.69, 9.17) is 9.47 Å². The lowest BCUT2D eigenvalue weighted by Gasteiger charge is -2.39. The maximum atomic E-state index is 13.0. The van der Waals surface area contributed by atoms with Gasteiger partial charge < -0.3 is 14.4 Å². The quantitative estimate of drug-likeness (QED) is 0.423. The minimum Gasteiger partial charge on any atom is -0.494 e. The monoisotopic (exact) mass is 388 g/mol. The number of carbonyl (C=O) groups is 1. The zero-order valence-electron chi connectivity index (χ0n) is 18.0. The van der Waals surface area contributed by atoms with Gasteiger partial charge in [-0.05, 0) is 57.9 Å². The molecule has 0 aliphatic carbocycles. The van der Waals surface area contributed by atoms with Gasteiger partial charge in [0.2, 0.25) is 0 Å². The standard InChI is InChI=1S/C23H36N2O3/c1-6-12-24(19(2)3)13-7-16-28-21-10-8-20(9-11-21)22(26)23(4,5)25-14-17-27-18-15-25/h8-11H,2,6-7,12-18H2,1,3-5H3. The van der Waals surface area contributed by atoms with E-state index in [0.29, 0.717) is 19.8 Å². The van der Waals surface area contributed by atoms with Gasteiger partial charge in [-0.25, -0.2) is 0 Å². The lowest BCUT2D eigenvalue weighted by atomic mass is 9.91. The summed E-state index contributed by atoms with van der Waals surface area (Å²) in [6.45, 7) is 17.8. The topological polar surface area (TPSA) is 42.0 Å². The number of hydrogen-bond donors (Lipinski definition) is 0. The normalized spacial score (nSPS) is 15.3. The van der Waals surface area contributed by atoms with Crippen molar-refractivity contribution in [3.05, 3.63) is 42.1 Å². The minimum atomic E-state index is -0.530. The van der Waals surface area contributed by atoms with Crippen molar-refractivity contribution in [3.8, 4) is 5.75 Å². The Kier molecular flexibility index (Phi) is 8.52. The highest BCUT2D eigenvalue weighted by Crippen LogP contribution is 2.23. The largest absolute Gasteiger partial charge is 0.494 e. The van der Waals surface area contributed by atoms with Crippen LogP contribution in [-0.4, -0.2) is 67.1 Å². The Hall–Kier alpha value is -1.85. The van der Waals surface area contributed by atoms with Gasteiger partial charge in [-0.15, -0.1) is 0 Å². The van der Waals surface area contributed by atoms with Crippen molar-refractivity contribution >= 4 is 5.78 Å². The summed E-state index contributed by atoms with van der Waals surface area (Å²) < 4.78 is 11.3. The molecule has 5 heteroatoms. The van der Waals surface area contributed by atoms with Crippen molar-refractivity contribution < 1.29 is 14.3 Å². The fraction of sp³-hybridized carbons (Fsp3) is 0.609. The van der Waals surface area contributed by atoms with E-state index >= 15 is 0 Å². The molecule has 1 aliphatic heterocycles. The van der Waals surface area contributed by atoms with Crippen LogP contribution in [0.25, 0.3) is 0 Å². The van der Waals surface area contributed by atoms with E-state index in [2.05, 4.69) is 23.3 Å². The number of carbonyl (C=O) groups excluding carboxylic acids is 1. The maximum Gasteiger partial charge on any atom is 0.182 e. The fourth-order valence-electron chi connectivity index (χ4n) is 3.53. The molecule has 1 aromatic rings. The van der Waals surface area contributed by atoms with Crippen LogP contribution in [0.3, 0.4) is 0 Å². The maximum absolute atomic E-state index is 13.0. The molecule has 0 spiro atoms. The molecule has 0 atom stereocenters. The molecular formula is C23H36N2O3. The van der Waals surface area contributed by atoms with Gasteiger partial charge in [0.05, 0.1) is 25.4 Å². The van der Waals surface area contributed by atoms with Crippen molar-refractivity contribution in [2.24, 2.45) is 0 Å². The van der Waals surface area contributed by atoms with Gasteiger partial charge in [-0.2, -0.15) is 0 Å². The molecule has 0 bridgehead atoms. The number of ketones is 1. The Labute approximate surface area is 170 Å². The van der Waals surface area contributed by atoms with Gasteiger partial charge in [0.25, 0.3) is 0 Å². The number of hydrogen-bond acceptors (Lipinski definition) is 5. The highest BCUT2D eigenvalue weighted by molar-refractivity contribution is 6.02. The van der Waals surface area contributed by atoms with Crippen molar-refractivity contribution in [1.82, 2.24) is 9.80 Å². The van der Waals surface area contributed by atoms with Crippen LogP contribution in [0.15, 0.2) is 36.5 Å². The second-order valence-electron chi connectivity index (χ2n) is 7.94. The van der Waals surface area contributed by atoms with Crippen LogP contribution in [0.1, 0.15) is 50.9 Å². The summed E-state index contributed by atoms with van der Waals surface area (Å²) in [5.41, 5.74) is 1.30. The average molecular weight is 389 g/mol. The molecule has 2 rings (SSSR count). The second kappa shape index (κ2) is 10.6. The number of benzene rings is 1. The molecule has 1 fully saturated rings. The van der Waals surface area contributed by atoms with Crippen molar-refractivity contribution in [1.29, 1.82) is 0 Å². The third-order valence-corrected chi connectivity index (χ3v) is 5.35. The zero-order chi connectivity index (χ0) is 20.6. The number of Topliss-reactive ketones (excluding diaryl/α,β-unsaturated/α-hetero) is 1. The Morgan fingerprint density at radius 2 is 1.86 bits per heavy atom. The first-order valence-corrected chi connectivity index (χ1v) is 10.4. The SMILES string of the molecule is C=C(C)N(CCC)CCCOc1ccc(C(=O)C(C)(C)N2CCOCC2)cc1. The molecule has 156 valence electrons. The number of ether oxygens (including phenoxy) is 2. The van der Waals surface area contributed by atoms with Crippen molar-refractivity contribution in [2.45, 2.75) is 46.1 Å². The number of allylic oxidation sites excluding steroid dienone is 1. The molecule has 5 nitrogen and oxygen atoms in total. The summed E-state index contributed by atoms with van der Waals surface area (Å²) >= 11 is 0. The zero-order valence-corrected chi connectivity index (χ0v) is 18.0. The minimum absolute atomic E-state index is 0.137.